The molecule has 0 saturated carbocycles. The van der Waals surface area contributed by atoms with Crippen LogP contribution in [0.5, 0.6) is 0 Å². The van der Waals surface area contributed by atoms with Crippen molar-refractivity contribution in [3.05, 3.63) is 0 Å². The summed E-state index contributed by atoms with van der Waals surface area (Å²) in [4.78, 5) is 0. The maximum absolute atomic E-state index is 8.52. The van der Waals surface area contributed by atoms with Crippen molar-refractivity contribution in [2.45, 2.75) is 0 Å². The molecule has 0 unspecified atom stereocenters. The fraction of sp³-hybridized carbons (Fsp3) is 0. The summed E-state index contributed by atoms with van der Waals surface area (Å²) in [6, 6.07) is 0. The van der Waals surface area contributed by atoms with Crippen molar-refractivity contribution < 1.29 is 34.0 Å². The smallest absolute Gasteiger partial charge is 0.759 e. The molecule has 0 saturated heterocycles. The molecule has 0 aromatic rings. The maximum Gasteiger partial charge on any atom is 2.00 e. The average molecular weight is 169 g/mol. The van der Waals surface area contributed by atoms with E-state index in [0.29, 0.717) is 0 Å². The van der Waals surface area contributed by atoms with E-state index in [1.807, 2.05) is 0 Å². The zero-order valence-corrected chi connectivity index (χ0v) is 4.61. The Morgan fingerprint density at radius 1 is 1.14 bits per heavy atom. The van der Waals surface area contributed by atoms with Gasteiger partial charge in [-0.1, -0.05) is 0 Å². The molecule has 0 spiro atoms. The fourth-order valence-electron chi connectivity index (χ4n) is 0. The zero-order valence-electron chi connectivity index (χ0n) is 2.80. The average Bonchev–Trinajstić information content (AvgIpc) is 0.722. The van der Waals surface area contributed by atoms with Crippen molar-refractivity contribution in [3.8, 4) is 0 Å². The van der Waals surface area contributed by atoms with Gasteiger partial charge in [0.15, 0.2) is 0 Å². The molecular formula is NNiO4S. The summed E-state index contributed by atoms with van der Waals surface area (Å²) in [5.74, 6) is 0. The molecule has 0 aliphatic rings. The van der Waals surface area contributed by atoms with E-state index in [1.165, 1.54) is 0 Å². The monoisotopic (exact) mass is 168 g/mol. The molecule has 0 aliphatic heterocycles. The van der Waals surface area contributed by atoms with E-state index >= 15 is 0 Å². The fourth-order valence-corrected chi connectivity index (χ4v) is 0. The predicted octanol–water partition coefficient (Wildman–Crippen LogP) is -1.82. The van der Waals surface area contributed by atoms with Crippen LogP contribution in [-0.2, 0) is 26.9 Å². The second kappa shape index (κ2) is 4.48. The normalized spacial score (nSPS) is 8.29. The first-order valence-electron chi connectivity index (χ1n) is 0.667. The van der Waals surface area contributed by atoms with Crippen LogP contribution in [0.3, 0.4) is 0 Å². The Morgan fingerprint density at radius 2 is 1.14 bits per heavy atom. The zero-order chi connectivity index (χ0) is 4.50. The summed E-state index contributed by atoms with van der Waals surface area (Å²) < 4.78 is 34.1. The van der Waals surface area contributed by atoms with Gasteiger partial charge < -0.3 is 9.11 Å². The van der Waals surface area contributed by atoms with Crippen LogP contribution in [-0.4, -0.2) is 17.5 Å². The quantitative estimate of drug-likeness (QED) is 0.241. The third kappa shape index (κ3) is 1130. The third-order valence-electron chi connectivity index (χ3n) is 0. The molecule has 0 amide bonds. The molecule has 0 aliphatic carbocycles. The summed E-state index contributed by atoms with van der Waals surface area (Å²) in [6.07, 6.45) is 0. The van der Waals surface area contributed by atoms with Crippen LogP contribution in [0.15, 0.2) is 0 Å². The van der Waals surface area contributed by atoms with Gasteiger partial charge in [0.2, 0.25) is 0 Å². The van der Waals surface area contributed by atoms with E-state index in [9.17, 15) is 0 Å². The standard InChI is InChI=1S/N.Ni.H2O4S/c;;1-5(2,3)4/h;;(H2,1,2,3,4)/q;+2;/p-2. The van der Waals surface area contributed by atoms with Crippen LogP contribution in [0.2, 0.25) is 0 Å². The Kier molecular flexibility index (Phi) is 10.0. The van der Waals surface area contributed by atoms with Gasteiger partial charge in [0.1, 0.15) is 0 Å². The van der Waals surface area contributed by atoms with Gasteiger partial charge in [0, 0.05) is 16.5 Å². The van der Waals surface area contributed by atoms with Gasteiger partial charge in [-0.05, 0) is 0 Å². The predicted molar refractivity (Wildman–Crippen MR) is 12.6 cm³/mol. The topological polar surface area (TPSA) is 111 Å². The minimum atomic E-state index is -5.17. The molecule has 7 heteroatoms. The molecule has 0 aromatic carbocycles. The Hall–Kier alpha value is 0.324. The van der Waals surface area contributed by atoms with Gasteiger partial charge in [0.05, 0.1) is 0 Å². The SMILES string of the molecule is O=S(=O)([O-])[O-].[N].[Ni+2]. The first-order chi connectivity index (χ1) is 2.00. The summed E-state index contributed by atoms with van der Waals surface area (Å²) >= 11 is 0. The third-order valence-corrected chi connectivity index (χ3v) is 0. The summed E-state index contributed by atoms with van der Waals surface area (Å²) in [6.45, 7) is 0. The van der Waals surface area contributed by atoms with Crippen LogP contribution in [0.1, 0.15) is 0 Å². The van der Waals surface area contributed by atoms with Crippen molar-refractivity contribution in [2.24, 2.45) is 0 Å². The second-order valence-corrected chi connectivity index (χ2v) is 1.22. The van der Waals surface area contributed by atoms with Gasteiger partial charge in [-0.25, -0.2) is 0 Å². The molecule has 0 heterocycles. The van der Waals surface area contributed by atoms with Gasteiger partial charge >= 0.3 is 16.5 Å². The second-order valence-electron chi connectivity index (χ2n) is 0.408. The molecule has 5 nitrogen and oxygen atoms in total. The van der Waals surface area contributed by atoms with Crippen molar-refractivity contribution >= 4 is 10.4 Å². The van der Waals surface area contributed by atoms with Crippen molar-refractivity contribution in [1.82, 2.24) is 6.15 Å². The first-order valence-corrected chi connectivity index (χ1v) is 2.00. The number of rotatable bonds is 0. The Bertz CT molecular complexity index is 94.9. The molecule has 0 aromatic heterocycles. The molecule has 0 N–H and O–H groups in total. The minimum Gasteiger partial charge on any atom is -0.759 e. The van der Waals surface area contributed by atoms with Crippen molar-refractivity contribution in [3.63, 3.8) is 0 Å². The van der Waals surface area contributed by atoms with E-state index in [2.05, 4.69) is 0 Å². The van der Waals surface area contributed by atoms with Gasteiger partial charge in [-0.2, -0.15) is 0 Å². The summed E-state index contributed by atoms with van der Waals surface area (Å²) in [5, 5.41) is 0. The Balaban J connectivity index is -0.0000000800. The molecular weight excluding hydrogens is 169 g/mol. The van der Waals surface area contributed by atoms with E-state index in [-0.39, 0.29) is 22.6 Å². The van der Waals surface area contributed by atoms with Crippen LogP contribution in [0, 0.1) is 0 Å². The molecule has 0 atom stereocenters. The van der Waals surface area contributed by atoms with Gasteiger partial charge in [-0.15, -0.1) is 0 Å². The molecule has 0 rings (SSSR count). The van der Waals surface area contributed by atoms with E-state index in [1.54, 1.807) is 0 Å². The molecule has 0 fully saturated rings. The number of nitrogens with zero attached hydrogens (tertiary/aromatic N) is 1. The Morgan fingerprint density at radius 3 is 1.14 bits per heavy atom. The Labute approximate surface area is 51.2 Å². The van der Waals surface area contributed by atoms with Crippen LogP contribution >= 0.6 is 0 Å². The van der Waals surface area contributed by atoms with Crippen LogP contribution in [0.4, 0.5) is 0 Å². The van der Waals surface area contributed by atoms with Crippen molar-refractivity contribution in [1.29, 1.82) is 0 Å². The van der Waals surface area contributed by atoms with Gasteiger partial charge in [-0.3, -0.25) is 8.42 Å². The number of hydrogen-bond donors (Lipinski definition) is 0. The van der Waals surface area contributed by atoms with Crippen molar-refractivity contribution in [2.75, 3.05) is 0 Å². The van der Waals surface area contributed by atoms with E-state index in [4.69, 9.17) is 17.5 Å². The van der Waals surface area contributed by atoms with Crippen LogP contribution < -0.4 is 6.15 Å². The summed E-state index contributed by atoms with van der Waals surface area (Å²) in [7, 11) is -5.17. The first kappa shape index (κ1) is 15.7. The molecule has 0 bridgehead atoms. The largest absolute Gasteiger partial charge is 2.00 e. The van der Waals surface area contributed by atoms with Gasteiger partial charge in [0.25, 0.3) is 0 Å². The number of hydrogen-bond acceptors (Lipinski definition) is 4. The minimum absolute atomic E-state index is 0. The summed E-state index contributed by atoms with van der Waals surface area (Å²) in [5.41, 5.74) is 0. The maximum atomic E-state index is 8.52. The van der Waals surface area contributed by atoms with E-state index in [0.717, 1.165) is 0 Å². The van der Waals surface area contributed by atoms with Crippen LogP contribution in [0.25, 0.3) is 0 Å². The van der Waals surface area contributed by atoms with E-state index < -0.39 is 10.4 Å². The molecule has 3 radical (unpaired) electrons. The molecule has 45 valence electrons. The molecule has 7 heavy (non-hydrogen) atoms.